The van der Waals surface area contributed by atoms with Crippen LogP contribution in [0.5, 0.6) is 0 Å². The highest BCUT2D eigenvalue weighted by molar-refractivity contribution is 7.47. The molecule has 618 valence electrons. The minimum Gasteiger partial charge on any atom is -0.462 e. The van der Waals surface area contributed by atoms with Crippen molar-refractivity contribution in [1.82, 2.24) is 0 Å². The summed E-state index contributed by atoms with van der Waals surface area (Å²) >= 11 is 0. The molecule has 3 unspecified atom stereocenters. The van der Waals surface area contributed by atoms with Gasteiger partial charge in [0.2, 0.25) is 0 Å². The second kappa shape index (κ2) is 75.1. The summed E-state index contributed by atoms with van der Waals surface area (Å²) in [6.07, 6.45) is 65.4. The van der Waals surface area contributed by atoms with Gasteiger partial charge in [0.05, 0.1) is 26.4 Å². The molecule has 0 aliphatic rings. The number of unbranched alkanes of at least 4 members (excludes halogenated alkanes) is 50. The van der Waals surface area contributed by atoms with Crippen LogP contribution in [0.25, 0.3) is 0 Å². The number of carbonyl (C=O) groups excluding carboxylic acids is 4. The maximum atomic E-state index is 13.1. The normalized spacial score (nSPS) is 14.2. The summed E-state index contributed by atoms with van der Waals surface area (Å²) in [6.45, 7) is 12.0. The second-order valence-corrected chi connectivity index (χ2v) is 34.7. The van der Waals surface area contributed by atoms with Crippen molar-refractivity contribution in [3.8, 4) is 0 Å². The van der Waals surface area contributed by atoms with E-state index in [1.165, 1.54) is 250 Å². The van der Waals surface area contributed by atoms with Gasteiger partial charge in [-0.05, 0) is 43.4 Å². The Morgan fingerprint density at radius 3 is 0.731 bits per heavy atom. The number of aliphatic hydroxyl groups excluding tert-OH is 1. The van der Waals surface area contributed by atoms with Gasteiger partial charge in [0.15, 0.2) is 12.2 Å². The molecule has 0 aromatic carbocycles. The zero-order valence-corrected chi connectivity index (χ0v) is 70.3. The molecular formula is C85H166O17P2. The quantitative estimate of drug-likeness (QED) is 0.0222. The Balaban J connectivity index is 5.22. The lowest BCUT2D eigenvalue weighted by Gasteiger charge is -2.21. The predicted molar refractivity (Wildman–Crippen MR) is 428 cm³/mol. The zero-order chi connectivity index (χ0) is 76.5. The molecule has 0 amide bonds. The summed E-state index contributed by atoms with van der Waals surface area (Å²) in [7, 11) is -9.93. The van der Waals surface area contributed by atoms with Crippen LogP contribution in [-0.2, 0) is 65.4 Å². The molecule has 0 aromatic rings. The zero-order valence-electron chi connectivity index (χ0n) is 68.5. The van der Waals surface area contributed by atoms with E-state index in [1.54, 1.807) is 0 Å². The monoisotopic (exact) mass is 1520 g/mol. The van der Waals surface area contributed by atoms with E-state index in [1.807, 2.05) is 0 Å². The summed E-state index contributed by atoms with van der Waals surface area (Å²) in [5, 5.41) is 10.7. The lowest BCUT2D eigenvalue weighted by Crippen LogP contribution is -2.30. The molecule has 0 aliphatic carbocycles. The van der Waals surface area contributed by atoms with E-state index >= 15 is 0 Å². The van der Waals surface area contributed by atoms with Crippen molar-refractivity contribution < 1.29 is 80.2 Å². The predicted octanol–water partition coefficient (Wildman–Crippen LogP) is 25.7. The summed E-state index contributed by atoms with van der Waals surface area (Å²) in [4.78, 5) is 73.1. The van der Waals surface area contributed by atoms with E-state index in [9.17, 15) is 43.2 Å². The topological polar surface area (TPSA) is 237 Å². The van der Waals surface area contributed by atoms with Gasteiger partial charge in [-0.1, -0.05) is 395 Å². The average molecular weight is 1520 g/mol. The SMILES string of the molecule is CCCCCCCCCCCCCCCCCCCCCCCCC(=O)O[C@H](COC(=O)CCCCCCCCCCCCCCCCC(C)CC)COP(=O)(O)OC[C@@H](O)COP(=O)(O)OC[C@@H](COC(=O)CCCCCCCCCC(C)C)OC(=O)CCCCCCCCCCCCCC(C)C. The van der Waals surface area contributed by atoms with Crippen LogP contribution in [0.2, 0.25) is 0 Å². The molecule has 17 nitrogen and oxygen atoms in total. The van der Waals surface area contributed by atoms with Gasteiger partial charge in [0.25, 0.3) is 0 Å². The van der Waals surface area contributed by atoms with Crippen molar-refractivity contribution in [3.63, 3.8) is 0 Å². The lowest BCUT2D eigenvalue weighted by molar-refractivity contribution is -0.161. The van der Waals surface area contributed by atoms with Crippen molar-refractivity contribution >= 4 is 39.5 Å². The standard InChI is InChI=1S/C85H166O17P2/c1-8-10-11-12-13-14-15-16-17-18-19-20-21-22-23-24-29-34-39-46-54-61-68-84(89)101-80(72-95-82(87)66-59-52-45-38-33-28-26-25-27-32-37-44-51-58-65-78(7)9-2)74-99-103(91,92)97-70-79(86)71-98-104(93,94)100-75-81(73-96-83(88)67-60-53-48-41-43-50-57-64-77(5)6)102-85(90)69-62-55-47-40-35-30-31-36-42-49-56-63-76(3)4/h76-81,86H,8-75H2,1-7H3,(H,91,92)(H,93,94)/t78?,79-,80-,81-/m1/s1. The van der Waals surface area contributed by atoms with Crippen molar-refractivity contribution in [2.75, 3.05) is 39.6 Å². The molecule has 0 aliphatic heterocycles. The van der Waals surface area contributed by atoms with E-state index < -0.39 is 97.5 Å². The summed E-state index contributed by atoms with van der Waals surface area (Å²) < 4.78 is 68.8. The number of hydrogen-bond acceptors (Lipinski definition) is 15. The van der Waals surface area contributed by atoms with E-state index in [2.05, 4.69) is 48.5 Å². The molecule has 0 bridgehead atoms. The Bertz CT molecular complexity index is 2010. The van der Waals surface area contributed by atoms with Gasteiger partial charge in [-0.25, -0.2) is 9.13 Å². The smallest absolute Gasteiger partial charge is 0.462 e. The number of phosphoric acid groups is 2. The number of hydrogen-bond donors (Lipinski definition) is 3. The Labute approximate surface area is 638 Å². The molecule has 0 spiro atoms. The second-order valence-electron chi connectivity index (χ2n) is 31.8. The van der Waals surface area contributed by atoms with Gasteiger partial charge < -0.3 is 33.8 Å². The summed E-state index contributed by atoms with van der Waals surface area (Å²) in [5.74, 6) is 0.212. The van der Waals surface area contributed by atoms with Crippen LogP contribution in [0.3, 0.4) is 0 Å². The van der Waals surface area contributed by atoms with E-state index in [-0.39, 0.29) is 25.7 Å². The van der Waals surface area contributed by atoms with Crippen LogP contribution in [0, 0.1) is 17.8 Å². The van der Waals surface area contributed by atoms with E-state index in [0.717, 1.165) is 108 Å². The van der Waals surface area contributed by atoms with E-state index in [4.69, 9.17) is 37.0 Å². The molecular weight excluding hydrogens is 1350 g/mol. The van der Waals surface area contributed by atoms with Crippen LogP contribution in [-0.4, -0.2) is 96.7 Å². The van der Waals surface area contributed by atoms with Crippen LogP contribution in [0.4, 0.5) is 0 Å². The fraction of sp³-hybridized carbons (Fsp3) is 0.953. The van der Waals surface area contributed by atoms with Gasteiger partial charge in [0, 0.05) is 25.7 Å². The molecule has 3 N–H and O–H groups in total. The Morgan fingerprint density at radius 2 is 0.490 bits per heavy atom. The molecule has 104 heavy (non-hydrogen) atoms. The maximum absolute atomic E-state index is 13.1. The number of carbonyl (C=O) groups is 4. The first-order chi connectivity index (χ1) is 50.3. The van der Waals surface area contributed by atoms with Gasteiger partial charge >= 0.3 is 39.5 Å². The first-order valence-electron chi connectivity index (χ1n) is 43.9. The minimum atomic E-state index is -4.97. The van der Waals surface area contributed by atoms with Crippen LogP contribution in [0.1, 0.15) is 447 Å². The highest BCUT2D eigenvalue weighted by atomic mass is 31.2. The van der Waals surface area contributed by atoms with E-state index in [0.29, 0.717) is 31.6 Å². The van der Waals surface area contributed by atoms with Crippen molar-refractivity contribution in [3.05, 3.63) is 0 Å². The minimum absolute atomic E-state index is 0.106. The molecule has 0 saturated heterocycles. The summed E-state index contributed by atoms with van der Waals surface area (Å²) in [6, 6.07) is 0. The third-order valence-electron chi connectivity index (χ3n) is 20.2. The number of esters is 4. The highest BCUT2D eigenvalue weighted by Gasteiger charge is 2.30. The maximum Gasteiger partial charge on any atom is 0.472 e. The molecule has 6 atom stereocenters. The molecule has 0 fully saturated rings. The number of rotatable bonds is 83. The van der Waals surface area contributed by atoms with Crippen molar-refractivity contribution in [2.45, 2.75) is 465 Å². The molecule has 0 saturated carbocycles. The molecule has 0 radical (unpaired) electrons. The fourth-order valence-electron chi connectivity index (χ4n) is 13.2. The van der Waals surface area contributed by atoms with Gasteiger partial charge in [-0.15, -0.1) is 0 Å². The largest absolute Gasteiger partial charge is 0.472 e. The Hall–Kier alpha value is -1.94. The third-order valence-corrected chi connectivity index (χ3v) is 22.1. The van der Waals surface area contributed by atoms with Crippen LogP contribution >= 0.6 is 15.6 Å². The highest BCUT2D eigenvalue weighted by Crippen LogP contribution is 2.45. The van der Waals surface area contributed by atoms with Crippen LogP contribution in [0.15, 0.2) is 0 Å². The fourth-order valence-corrected chi connectivity index (χ4v) is 14.7. The third kappa shape index (κ3) is 76.8. The average Bonchev–Trinajstić information content (AvgIpc) is 0.907. The van der Waals surface area contributed by atoms with Crippen molar-refractivity contribution in [1.29, 1.82) is 0 Å². The number of ether oxygens (including phenoxy) is 4. The van der Waals surface area contributed by atoms with Crippen molar-refractivity contribution in [2.24, 2.45) is 17.8 Å². The molecule has 19 heteroatoms. The first kappa shape index (κ1) is 102. The number of aliphatic hydroxyl groups is 1. The molecule has 0 heterocycles. The summed E-state index contributed by atoms with van der Waals surface area (Å²) in [5.41, 5.74) is 0. The Morgan fingerprint density at radius 1 is 0.279 bits per heavy atom. The van der Waals surface area contributed by atoms with Gasteiger partial charge in [-0.2, -0.15) is 0 Å². The molecule has 0 aromatic heterocycles. The first-order valence-corrected chi connectivity index (χ1v) is 46.9. The van der Waals surface area contributed by atoms with Crippen LogP contribution < -0.4 is 0 Å². The molecule has 0 rings (SSSR count). The number of phosphoric ester groups is 2. The van der Waals surface area contributed by atoms with Gasteiger partial charge in [0.1, 0.15) is 19.3 Å². The Kier molecular flexibility index (Phi) is 73.7. The van der Waals surface area contributed by atoms with Gasteiger partial charge in [-0.3, -0.25) is 37.3 Å². The lowest BCUT2D eigenvalue weighted by atomic mass is 9.99.